The van der Waals surface area contributed by atoms with Gasteiger partial charge in [0.15, 0.2) is 17.5 Å². The molecular formula is C33H25ClN3OP. The number of nitrogens with zero attached hydrogens (tertiary/aromatic N) is 3. The number of benzene rings is 5. The third-order valence-electron chi connectivity index (χ3n) is 6.69. The molecule has 0 spiro atoms. The molecule has 0 N–H and O–H groups in total. The van der Waals surface area contributed by atoms with Crippen molar-refractivity contribution in [2.24, 2.45) is 0 Å². The van der Waals surface area contributed by atoms with E-state index < -0.39 is 7.14 Å². The van der Waals surface area contributed by atoms with Crippen LogP contribution in [-0.4, -0.2) is 28.3 Å². The van der Waals surface area contributed by atoms with E-state index in [0.717, 1.165) is 43.9 Å². The molecule has 1 heterocycles. The highest BCUT2D eigenvalue weighted by molar-refractivity contribution is 7.70. The SMILES string of the molecule is CP(C)(=O)c1ccc(-c2ccc(Cl)cc2-c2nc(-c3ccccc3)nc(-c3ccccc3)n2)c2ccccc12. The van der Waals surface area contributed by atoms with Gasteiger partial charge < -0.3 is 4.57 Å². The summed E-state index contributed by atoms with van der Waals surface area (Å²) in [5.74, 6) is 1.71. The average molecular weight is 546 g/mol. The molecule has 5 aromatic carbocycles. The number of hydrogen-bond donors (Lipinski definition) is 0. The van der Waals surface area contributed by atoms with E-state index in [1.807, 2.05) is 123 Å². The Balaban J connectivity index is 1.63. The molecule has 6 rings (SSSR count). The Morgan fingerprint density at radius 1 is 0.538 bits per heavy atom. The van der Waals surface area contributed by atoms with Gasteiger partial charge in [0.25, 0.3) is 0 Å². The van der Waals surface area contributed by atoms with Crippen molar-refractivity contribution in [2.75, 3.05) is 13.3 Å². The van der Waals surface area contributed by atoms with Crippen molar-refractivity contribution >= 4 is 34.8 Å². The second-order valence-electron chi connectivity index (χ2n) is 9.76. The lowest BCUT2D eigenvalue weighted by molar-refractivity contribution is 0.588. The van der Waals surface area contributed by atoms with Crippen molar-refractivity contribution in [1.82, 2.24) is 15.0 Å². The van der Waals surface area contributed by atoms with Gasteiger partial charge in [-0.2, -0.15) is 0 Å². The van der Waals surface area contributed by atoms with Crippen molar-refractivity contribution in [3.8, 4) is 45.3 Å². The summed E-state index contributed by atoms with van der Waals surface area (Å²) in [6.07, 6.45) is 0. The van der Waals surface area contributed by atoms with Crippen molar-refractivity contribution < 1.29 is 4.57 Å². The zero-order chi connectivity index (χ0) is 27.0. The van der Waals surface area contributed by atoms with Crippen LogP contribution >= 0.6 is 18.7 Å². The highest BCUT2D eigenvalue weighted by Crippen LogP contribution is 2.42. The number of hydrogen-bond acceptors (Lipinski definition) is 4. The van der Waals surface area contributed by atoms with E-state index in [1.54, 1.807) is 0 Å². The van der Waals surface area contributed by atoms with Gasteiger partial charge in [0, 0.05) is 27.0 Å². The largest absolute Gasteiger partial charge is 0.319 e. The minimum absolute atomic E-state index is 0.532. The summed E-state index contributed by atoms with van der Waals surface area (Å²) in [5.41, 5.74) is 4.54. The maximum Gasteiger partial charge on any atom is 0.164 e. The van der Waals surface area contributed by atoms with E-state index in [9.17, 15) is 4.57 Å². The molecule has 0 radical (unpaired) electrons. The summed E-state index contributed by atoms with van der Waals surface area (Å²) in [5, 5.41) is 3.46. The zero-order valence-electron chi connectivity index (χ0n) is 21.5. The summed E-state index contributed by atoms with van der Waals surface area (Å²) >= 11 is 6.56. The summed E-state index contributed by atoms with van der Waals surface area (Å²) in [6, 6.07) is 37.7. The average Bonchev–Trinajstić information content (AvgIpc) is 2.97. The molecule has 0 atom stereocenters. The number of fused-ring (bicyclic) bond motifs is 1. The first-order chi connectivity index (χ1) is 18.9. The normalized spacial score (nSPS) is 11.6. The zero-order valence-corrected chi connectivity index (χ0v) is 23.2. The molecule has 1 aromatic heterocycles. The molecule has 0 aliphatic heterocycles. The van der Waals surface area contributed by atoms with Gasteiger partial charge in [-0.05, 0) is 47.4 Å². The monoisotopic (exact) mass is 545 g/mol. The molecule has 0 aliphatic carbocycles. The van der Waals surface area contributed by atoms with Crippen LogP contribution in [0, 0.1) is 0 Å². The van der Waals surface area contributed by atoms with E-state index >= 15 is 0 Å². The molecule has 0 fully saturated rings. The number of halogens is 1. The molecular weight excluding hydrogens is 521 g/mol. The minimum atomic E-state index is -2.49. The molecule has 0 amide bonds. The van der Waals surface area contributed by atoms with Crippen molar-refractivity contribution in [1.29, 1.82) is 0 Å². The van der Waals surface area contributed by atoms with Gasteiger partial charge in [0.2, 0.25) is 0 Å². The highest BCUT2D eigenvalue weighted by atomic mass is 35.5. The maximum absolute atomic E-state index is 13.1. The quantitative estimate of drug-likeness (QED) is 0.203. The highest BCUT2D eigenvalue weighted by Gasteiger charge is 2.20. The van der Waals surface area contributed by atoms with E-state index in [1.165, 1.54) is 0 Å². The van der Waals surface area contributed by atoms with Gasteiger partial charge in [0.05, 0.1) is 0 Å². The molecule has 190 valence electrons. The summed E-state index contributed by atoms with van der Waals surface area (Å²) in [7, 11) is -2.49. The molecule has 6 aromatic rings. The topological polar surface area (TPSA) is 55.7 Å². The fraction of sp³-hybridized carbons (Fsp3) is 0.0606. The lowest BCUT2D eigenvalue weighted by Crippen LogP contribution is -2.05. The van der Waals surface area contributed by atoms with Gasteiger partial charge in [-0.1, -0.05) is 115 Å². The van der Waals surface area contributed by atoms with E-state index in [4.69, 9.17) is 26.6 Å². The fourth-order valence-corrected chi connectivity index (χ4v) is 6.23. The maximum atomic E-state index is 13.1. The second kappa shape index (κ2) is 10.2. The van der Waals surface area contributed by atoms with Crippen LogP contribution < -0.4 is 5.30 Å². The van der Waals surface area contributed by atoms with Gasteiger partial charge in [-0.3, -0.25) is 0 Å². The first kappa shape index (κ1) is 25.2. The third kappa shape index (κ3) is 5.02. The van der Waals surface area contributed by atoms with Gasteiger partial charge in [-0.15, -0.1) is 0 Å². The molecule has 39 heavy (non-hydrogen) atoms. The number of aromatic nitrogens is 3. The Morgan fingerprint density at radius 2 is 1.05 bits per heavy atom. The standard InChI is InChI=1S/C33H25ClN3OP/c1-39(2,38)30-20-19-26(25-15-9-10-16-28(25)30)27-18-17-24(34)21-29(27)33-36-31(22-11-5-3-6-12-22)35-32(37-33)23-13-7-4-8-14-23/h3-21H,1-2H3. The first-order valence-corrected chi connectivity index (χ1v) is 15.6. The van der Waals surface area contributed by atoms with E-state index in [0.29, 0.717) is 22.5 Å². The molecule has 0 bridgehead atoms. The third-order valence-corrected chi connectivity index (χ3v) is 8.48. The van der Waals surface area contributed by atoms with Crippen molar-refractivity contribution in [2.45, 2.75) is 0 Å². The van der Waals surface area contributed by atoms with Crippen LogP contribution in [0.2, 0.25) is 5.02 Å². The lowest BCUT2D eigenvalue weighted by atomic mass is 9.94. The van der Waals surface area contributed by atoms with Crippen LogP contribution in [-0.2, 0) is 4.57 Å². The van der Waals surface area contributed by atoms with Gasteiger partial charge in [-0.25, -0.2) is 15.0 Å². The van der Waals surface area contributed by atoms with Crippen LogP contribution in [0.3, 0.4) is 0 Å². The minimum Gasteiger partial charge on any atom is -0.319 e. The van der Waals surface area contributed by atoms with Crippen LogP contribution in [0.15, 0.2) is 115 Å². The Morgan fingerprint density at radius 3 is 1.64 bits per heavy atom. The van der Waals surface area contributed by atoms with E-state index in [-0.39, 0.29) is 0 Å². The molecule has 0 unspecified atom stereocenters. The van der Waals surface area contributed by atoms with Crippen LogP contribution in [0.1, 0.15) is 0 Å². The van der Waals surface area contributed by atoms with Crippen molar-refractivity contribution in [3.05, 3.63) is 120 Å². The number of rotatable bonds is 5. The van der Waals surface area contributed by atoms with E-state index in [2.05, 4.69) is 6.07 Å². The molecule has 0 saturated heterocycles. The Bertz CT molecular complexity index is 1810. The summed E-state index contributed by atoms with van der Waals surface area (Å²) in [6.45, 7) is 3.62. The molecule has 0 aliphatic rings. The second-order valence-corrected chi connectivity index (χ2v) is 13.4. The summed E-state index contributed by atoms with van der Waals surface area (Å²) in [4.78, 5) is 14.7. The van der Waals surface area contributed by atoms with Crippen molar-refractivity contribution in [3.63, 3.8) is 0 Å². The predicted molar refractivity (Wildman–Crippen MR) is 163 cm³/mol. The molecule has 0 saturated carbocycles. The Hall–Kier alpha value is -4.11. The van der Waals surface area contributed by atoms with Crippen LogP contribution in [0.25, 0.3) is 56.1 Å². The van der Waals surface area contributed by atoms with Crippen LogP contribution in [0.5, 0.6) is 0 Å². The first-order valence-electron chi connectivity index (χ1n) is 12.6. The van der Waals surface area contributed by atoms with Gasteiger partial charge in [0.1, 0.15) is 7.14 Å². The molecule has 6 heteroatoms. The lowest BCUT2D eigenvalue weighted by Gasteiger charge is -2.17. The Kier molecular flexibility index (Phi) is 6.60. The fourth-order valence-electron chi connectivity index (χ4n) is 4.85. The van der Waals surface area contributed by atoms with Crippen LogP contribution in [0.4, 0.5) is 0 Å². The smallest absolute Gasteiger partial charge is 0.164 e. The Labute approximate surface area is 232 Å². The summed E-state index contributed by atoms with van der Waals surface area (Å²) < 4.78 is 13.1. The van der Waals surface area contributed by atoms with Gasteiger partial charge >= 0.3 is 0 Å². The molecule has 4 nitrogen and oxygen atoms in total. The predicted octanol–water partition coefficient (Wildman–Crippen LogP) is 8.59.